The first-order valence-corrected chi connectivity index (χ1v) is 10.8. The van der Waals surface area contributed by atoms with E-state index in [2.05, 4.69) is 10.6 Å². The Morgan fingerprint density at radius 3 is 2.30 bits per heavy atom. The first-order valence-electron chi connectivity index (χ1n) is 10.8. The maximum absolute atomic E-state index is 12.8. The zero-order valence-corrected chi connectivity index (χ0v) is 18.7. The average molecular weight is 465 g/mol. The third-order valence-electron chi connectivity index (χ3n) is 5.65. The van der Waals surface area contributed by atoms with E-state index in [9.17, 15) is 34.5 Å². The SMILES string of the molecule is CC(C)C(N)C(=O)N1CCCC1C(=O)NC(CO)C(=O)NC(Cc1ccc(O)cc1)C(=O)O. The van der Waals surface area contributed by atoms with Crippen LogP contribution in [0.25, 0.3) is 0 Å². The number of nitrogens with zero attached hydrogens (tertiary/aromatic N) is 1. The van der Waals surface area contributed by atoms with Gasteiger partial charge in [0.25, 0.3) is 0 Å². The summed E-state index contributed by atoms with van der Waals surface area (Å²) in [6, 6.07) is 1.55. The van der Waals surface area contributed by atoms with Gasteiger partial charge >= 0.3 is 5.97 Å². The average Bonchev–Trinajstić information content (AvgIpc) is 3.27. The maximum atomic E-state index is 12.8. The van der Waals surface area contributed by atoms with Crippen LogP contribution in [0.5, 0.6) is 5.75 Å². The lowest BCUT2D eigenvalue weighted by Crippen LogP contribution is -2.58. The van der Waals surface area contributed by atoms with E-state index in [1.165, 1.54) is 29.2 Å². The van der Waals surface area contributed by atoms with Crippen LogP contribution in [0.2, 0.25) is 0 Å². The molecule has 4 atom stereocenters. The first-order chi connectivity index (χ1) is 15.5. The van der Waals surface area contributed by atoms with Crippen LogP contribution < -0.4 is 16.4 Å². The fourth-order valence-electron chi connectivity index (χ4n) is 3.58. The largest absolute Gasteiger partial charge is 0.508 e. The third kappa shape index (κ3) is 6.90. The molecule has 0 saturated carbocycles. The summed E-state index contributed by atoms with van der Waals surface area (Å²) in [5.74, 6) is -3.23. The lowest BCUT2D eigenvalue weighted by molar-refractivity contribution is -0.143. The molecule has 11 nitrogen and oxygen atoms in total. The Hall–Kier alpha value is -3.18. The van der Waals surface area contributed by atoms with E-state index in [-0.39, 0.29) is 24.0 Å². The van der Waals surface area contributed by atoms with Crippen LogP contribution in [0.3, 0.4) is 0 Å². The molecule has 1 fully saturated rings. The Labute approximate surface area is 191 Å². The number of phenols is 1. The van der Waals surface area contributed by atoms with Gasteiger partial charge in [0.2, 0.25) is 17.7 Å². The molecule has 0 aromatic heterocycles. The van der Waals surface area contributed by atoms with Crippen molar-refractivity contribution in [2.24, 2.45) is 11.7 Å². The number of aliphatic hydroxyl groups excluding tert-OH is 1. The van der Waals surface area contributed by atoms with Gasteiger partial charge in [0.15, 0.2) is 0 Å². The molecule has 1 aromatic rings. The smallest absolute Gasteiger partial charge is 0.326 e. The fraction of sp³-hybridized carbons (Fsp3) is 0.545. The highest BCUT2D eigenvalue weighted by molar-refractivity contribution is 5.94. The van der Waals surface area contributed by atoms with Crippen molar-refractivity contribution < 1.29 is 34.5 Å². The third-order valence-corrected chi connectivity index (χ3v) is 5.65. The summed E-state index contributed by atoms with van der Waals surface area (Å²) in [6.45, 7) is 3.21. The number of carbonyl (C=O) groups is 4. The van der Waals surface area contributed by atoms with Crippen molar-refractivity contribution in [3.8, 4) is 5.75 Å². The van der Waals surface area contributed by atoms with Crippen molar-refractivity contribution in [2.75, 3.05) is 13.2 Å². The van der Waals surface area contributed by atoms with Gasteiger partial charge in [-0.25, -0.2) is 4.79 Å². The molecule has 0 bridgehead atoms. The normalized spacial score (nSPS) is 18.5. The molecule has 1 aromatic carbocycles. The summed E-state index contributed by atoms with van der Waals surface area (Å²) in [5, 5.41) is 33.2. The molecule has 1 saturated heterocycles. The molecule has 7 N–H and O–H groups in total. The quantitative estimate of drug-likeness (QED) is 0.254. The number of hydrogen-bond acceptors (Lipinski definition) is 7. The second-order valence-electron chi connectivity index (χ2n) is 8.47. The number of amides is 3. The van der Waals surface area contributed by atoms with Crippen molar-refractivity contribution in [3.63, 3.8) is 0 Å². The lowest BCUT2D eigenvalue weighted by Gasteiger charge is -2.29. The van der Waals surface area contributed by atoms with Crippen LogP contribution in [0.1, 0.15) is 32.3 Å². The Kier molecular flexibility index (Phi) is 9.18. The summed E-state index contributed by atoms with van der Waals surface area (Å²) in [4.78, 5) is 51.0. The number of aromatic hydroxyl groups is 1. The summed E-state index contributed by atoms with van der Waals surface area (Å²) >= 11 is 0. The van der Waals surface area contributed by atoms with Crippen LogP contribution in [0.15, 0.2) is 24.3 Å². The molecule has 11 heteroatoms. The van der Waals surface area contributed by atoms with Gasteiger partial charge in [-0.2, -0.15) is 0 Å². The number of hydrogen-bond donors (Lipinski definition) is 6. The number of carboxylic acids is 1. The second kappa shape index (κ2) is 11.6. The number of aliphatic carboxylic acids is 1. The minimum absolute atomic E-state index is 0.0199. The molecule has 0 aliphatic carbocycles. The maximum Gasteiger partial charge on any atom is 0.326 e. The van der Waals surface area contributed by atoms with Crippen molar-refractivity contribution in [2.45, 2.75) is 57.3 Å². The number of benzene rings is 1. The number of aliphatic hydroxyl groups is 1. The highest BCUT2D eigenvalue weighted by atomic mass is 16.4. The van der Waals surface area contributed by atoms with Crippen LogP contribution >= 0.6 is 0 Å². The van der Waals surface area contributed by atoms with Crippen molar-refractivity contribution in [1.29, 1.82) is 0 Å². The molecule has 0 radical (unpaired) electrons. The van der Waals surface area contributed by atoms with Crippen LogP contribution in [0, 0.1) is 5.92 Å². The summed E-state index contributed by atoms with van der Waals surface area (Å²) in [6.07, 6.45) is 0.921. The van der Waals surface area contributed by atoms with Crippen LogP contribution in [0.4, 0.5) is 0 Å². The van der Waals surface area contributed by atoms with Gasteiger partial charge in [0.05, 0.1) is 12.6 Å². The monoisotopic (exact) mass is 464 g/mol. The van der Waals surface area contributed by atoms with E-state index in [1.807, 2.05) is 0 Å². The molecule has 2 rings (SSSR count). The van der Waals surface area contributed by atoms with Gasteiger partial charge in [-0.1, -0.05) is 26.0 Å². The number of rotatable bonds is 10. The minimum atomic E-state index is -1.39. The number of likely N-dealkylation sites (tertiary alicyclic amines) is 1. The summed E-state index contributed by atoms with van der Waals surface area (Å²) < 4.78 is 0. The number of phenolic OH excluding ortho intramolecular Hbond substituents is 1. The fourth-order valence-corrected chi connectivity index (χ4v) is 3.58. The van der Waals surface area contributed by atoms with E-state index < -0.39 is 48.6 Å². The zero-order chi connectivity index (χ0) is 24.7. The van der Waals surface area contributed by atoms with E-state index in [0.29, 0.717) is 24.9 Å². The van der Waals surface area contributed by atoms with Crippen LogP contribution in [-0.2, 0) is 25.6 Å². The lowest BCUT2D eigenvalue weighted by atomic mass is 10.0. The molecule has 1 aliphatic rings. The molecule has 0 spiro atoms. The molecule has 182 valence electrons. The zero-order valence-electron chi connectivity index (χ0n) is 18.7. The highest BCUT2D eigenvalue weighted by Gasteiger charge is 2.38. The topological polar surface area (TPSA) is 182 Å². The Morgan fingerprint density at radius 2 is 1.76 bits per heavy atom. The molecule has 4 unspecified atom stereocenters. The first kappa shape index (κ1) is 26.1. The summed E-state index contributed by atoms with van der Waals surface area (Å²) in [7, 11) is 0. The number of carbonyl (C=O) groups excluding carboxylic acids is 3. The number of carboxylic acid groups (broad SMARTS) is 1. The van der Waals surface area contributed by atoms with E-state index in [4.69, 9.17) is 5.73 Å². The molecule has 1 aliphatic heterocycles. The van der Waals surface area contributed by atoms with Crippen molar-refractivity contribution in [1.82, 2.24) is 15.5 Å². The predicted molar refractivity (Wildman–Crippen MR) is 118 cm³/mol. The van der Waals surface area contributed by atoms with Crippen molar-refractivity contribution >= 4 is 23.7 Å². The Bertz CT molecular complexity index is 859. The highest BCUT2D eigenvalue weighted by Crippen LogP contribution is 2.20. The van der Waals surface area contributed by atoms with Gasteiger partial charge in [0.1, 0.15) is 23.9 Å². The Morgan fingerprint density at radius 1 is 1.12 bits per heavy atom. The van der Waals surface area contributed by atoms with Gasteiger partial charge in [-0.05, 0) is 36.5 Å². The second-order valence-corrected chi connectivity index (χ2v) is 8.47. The van der Waals surface area contributed by atoms with E-state index in [0.717, 1.165) is 0 Å². The molecule has 33 heavy (non-hydrogen) atoms. The van der Waals surface area contributed by atoms with Gasteiger partial charge < -0.3 is 36.6 Å². The van der Waals surface area contributed by atoms with E-state index >= 15 is 0 Å². The number of nitrogens with two attached hydrogens (primary N) is 1. The molecule has 1 heterocycles. The van der Waals surface area contributed by atoms with Gasteiger partial charge in [-0.15, -0.1) is 0 Å². The standard InChI is InChI=1S/C22H32N4O7/c1-12(2)18(23)21(31)26-9-3-4-17(26)20(30)25-16(11-27)19(29)24-15(22(32)33)10-13-5-7-14(28)8-6-13/h5-8,12,15-18,27-28H,3-4,9-11,23H2,1-2H3,(H,24,29)(H,25,30)(H,32,33). The predicted octanol–water partition coefficient (Wildman–Crippen LogP) is -1.04. The molecular formula is C22H32N4O7. The Balaban J connectivity index is 2.03. The van der Waals surface area contributed by atoms with E-state index in [1.54, 1.807) is 13.8 Å². The molecular weight excluding hydrogens is 432 g/mol. The number of nitrogens with one attached hydrogen (secondary N) is 2. The summed E-state index contributed by atoms with van der Waals surface area (Å²) in [5.41, 5.74) is 6.50. The minimum Gasteiger partial charge on any atom is -0.508 e. The molecule has 3 amide bonds. The van der Waals surface area contributed by atoms with Gasteiger partial charge in [0, 0.05) is 13.0 Å². The van der Waals surface area contributed by atoms with Crippen LogP contribution in [-0.4, -0.2) is 81.2 Å². The van der Waals surface area contributed by atoms with Gasteiger partial charge in [-0.3, -0.25) is 14.4 Å². The van der Waals surface area contributed by atoms with Crippen molar-refractivity contribution in [3.05, 3.63) is 29.8 Å².